The first-order valence-corrected chi connectivity index (χ1v) is 6.20. The van der Waals surface area contributed by atoms with E-state index in [2.05, 4.69) is 0 Å². The Balaban J connectivity index is 1.95. The van der Waals surface area contributed by atoms with Gasteiger partial charge in [-0.15, -0.1) is 11.6 Å². The molecule has 0 aromatic carbocycles. The molecule has 0 bridgehead atoms. The van der Waals surface area contributed by atoms with Crippen LogP contribution in [0.1, 0.15) is 32.1 Å². The molecule has 0 N–H and O–H groups in total. The molecule has 1 aliphatic carbocycles. The summed E-state index contributed by atoms with van der Waals surface area (Å²) in [7, 11) is 0. The molecule has 0 radical (unpaired) electrons. The largest absolute Gasteiger partial charge is 0.282 e. The van der Waals surface area contributed by atoms with Gasteiger partial charge in [-0.3, -0.25) is 14.5 Å². The van der Waals surface area contributed by atoms with Crippen LogP contribution in [-0.4, -0.2) is 29.1 Å². The lowest BCUT2D eigenvalue weighted by Crippen LogP contribution is -2.32. The van der Waals surface area contributed by atoms with Gasteiger partial charge in [0.2, 0.25) is 11.8 Å². The normalized spacial score (nSPS) is 30.1. The Kier molecular flexibility index (Phi) is 3.29. The SMILES string of the molecule is O=C1C2CCCC2C(=O)N1CCCCCl. The molecule has 2 rings (SSSR count). The summed E-state index contributed by atoms with van der Waals surface area (Å²) in [6.45, 7) is 0.567. The van der Waals surface area contributed by atoms with Crippen LogP contribution in [0.3, 0.4) is 0 Å². The molecule has 0 aromatic heterocycles. The second-order valence-corrected chi connectivity index (χ2v) is 4.75. The number of carbonyl (C=O) groups excluding carboxylic acids is 2. The van der Waals surface area contributed by atoms with E-state index < -0.39 is 0 Å². The lowest BCUT2D eigenvalue weighted by molar-refractivity contribution is -0.140. The van der Waals surface area contributed by atoms with Crippen LogP contribution in [0.15, 0.2) is 0 Å². The van der Waals surface area contributed by atoms with Crippen molar-refractivity contribution in [3.05, 3.63) is 0 Å². The van der Waals surface area contributed by atoms with Crippen LogP contribution in [0.4, 0.5) is 0 Å². The minimum Gasteiger partial charge on any atom is -0.282 e. The minimum atomic E-state index is 0.00787. The second kappa shape index (κ2) is 4.52. The van der Waals surface area contributed by atoms with Gasteiger partial charge in [-0.25, -0.2) is 0 Å². The van der Waals surface area contributed by atoms with Crippen LogP contribution in [0, 0.1) is 11.8 Å². The van der Waals surface area contributed by atoms with Gasteiger partial charge in [0.15, 0.2) is 0 Å². The van der Waals surface area contributed by atoms with E-state index in [4.69, 9.17) is 11.6 Å². The number of unbranched alkanes of at least 4 members (excludes halogenated alkanes) is 1. The van der Waals surface area contributed by atoms with Gasteiger partial charge >= 0.3 is 0 Å². The minimum absolute atomic E-state index is 0.00787. The third kappa shape index (κ3) is 1.89. The molecule has 2 unspecified atom stereocenters. The molecule has 2 fully saturated rings. The van der Waals surface area contributed by atoms with Crippen LogP contribution in [0.25, 0.3) is 0 Å². The summed E-state index contributed by atoms with van der Waals surface area (Å²) in [6, 6.07) is 0. The number of imide groups is 1. The van der Waals surface area contributed by atoms with E-state index in [1.54, 1.807) is 0 Å². The Bertz CT molecular complexity index is 258. The molecule has 0 spiro atoms. The third-order valence-corrected chi connectivity index (χ3v) is 3.72. The summed E-state index contributed by atoms with van der Waals surface area (Å²) in [4.78, 5) is 25.2. The zero-order valence-electron chi connectivity index (χ0n) is 8.75. The maximum atomic E-state index is 11.9. The molecular weight excluding hydrogens is 214 g/mol. The molecule has 3 nitrogen and oxygen atoms in total. The molecular formula is C11H16ClNO2. The molecule has 1 aliphatic heterocycles. The Hall–Kier alpha value is -0.570. The van der Waals surface area contributed by atoms with Crippen molar-refractivity contribution in [2.24, 2.45) is 11.8 Å². The fraction of sp³-hybridized carbons (Fsp3) is 0.818. The van der Waals surface area contributed by atoms with E-state index in [0.717, 1.165) is 32.1 Å². The fourth-order valence-corrected chi connectivity index (χ4v) is 2.83. The van der Waals surface area contributed by atoms with Crippen molar-refractivity contribution in [3.8, 4) is 0 Å². The van der Waals surface area contributed by atoms with Crippen molar-refractivity contribution in [1.29, 1.82) is 0 Å². The molecule has 84 valence electrons. The van der Waals surface area contributed by atoms with Gasteiger partial charge in [0.1, 0.15) is 0 Å². The number of nitrogens with zero attached hydrogens (tertiary/aromatic N) is 1. The van der Waals surface area contributed by atoms with E-state index in [1.165, 1.54) is 4.90 Å². The maximum absolute atomic E-state index is 11.9. The van der Waals surface area contributed by atoms with Crippen molar-refractivity contribution in [1.82, 2.24) is 4.90 Å². The molecule has 2 atom stereocenters. The van der Waals surface area contributed by atoms with E-state index in [1.807, 2.05) is 0 Å². The number of hydrogen-bond donors (Lipinski definition) is 0. The monoisotopic (exact) mass is 229 g/mol. The van der Waals surface area contributed by atoms with E-state index >= 15 is 0 Å². The van der Waals surface area contributed by atoms with Crippen LogP contribution < -0.4 is 0 Å². The van der Waals surface area contributed by atoms with Crippen molar-refractivity contribution in [2.45, 2.75) is 32.1 Å². The average Bonchev–Trinajstić information content (AvgIpc) is 2.77. The number of likely N-dealkylation sites (tertiary alicyclic amines) is 1. The van der Waals surface area contributed by atoms with Crippen LogP contribution in [-0.2, 0) is 9.59 Å². The number of halogens is 1. The summed E-state index contributed by atoms with van der Waals surface area (Å²) >= 11 is 5.57. The highest BCUT2D eigenvalue weighted by Gasteiger charge is 2.49. The molecule has 15 heavy (non-hydrogen) atoms. The lowest BCUT2D eigenvalue weighted by atomic mass is 10.00. The number of carbonyl (C=O) groups is 2. The van der Waals surface area contributed by atoms with Gasteiger partial charge < -0.3 is 0 Å². The van der Waals surface area contributed by atoms with E-state index in [0.29, 0.717) is 12.4 Å². The maximum Gasteiger partial charge on any atom is 0.233 e. The molecule has 1 saturated carbocycles. The predicted octanol–water partition coefficient (Wildman–Crippen LogP) is 1.79. The van der Waals surface area contributed by atoms with Gasteiger partial charge in [-0.2, -0.15) is 0 Å². The fourth-order valence-electron chi connectivity index (χ4n) is 2.64. The number of hydrogen-bond acceptors (Lipinski definition) is 2. The summed E-state index contributed by atoms with van der Waals surface area (Å²) in [5.41, 5.74) is 0. The Labute approximate surface area is 94.8 Å². The van der Waals surface area contributed by atoms with Gasteiger partial charge in [0.05, 0.1) is 11.8 Å². The molecule has 1 heterocycles. The van der Waals surface area contributed by atoms with Gasteiger partial charge in [-0.05, 0) is 25.7 Å². The molecule has 2 aliphatic rings. The van der Waals surface area contributed by atoms with Crippen molar-refractivity contribution < 1.29 is 9.59 Å². The first-order chi connectivity index (χ1) is 7.25. The van der Waals surface area contributed by atoms with Gasteiger partial charge in [-0.1, -0.05) is 6.42 Å². The van der Waals surface area contributed by atoms with E-state index in [-0.39, 0.29) is 23.7 Å². The molecule has 2 amide bonds. The van der Waals surface area contributed by atoms with Crippen molar-refractivity contribution >= 4 is 23.4 Å². The van der Waals surface area contributed by atoms with Gasteiger partial charge in [0.25, 0.3) is 0 Å². The zero-order valence-corrected chi connectivity index (χ0v) is 9.50. The highest BCUT2D eigenvalue weighted by Crippen LogP contribution is 2.39. The number of amides is 2. The molecule has 1 saturated heterocycles. The van der Waals surface area contributed by atoms with Crippen molar-refractivity contribution in [3.63, 3.8) is 0 Å². The number of fused-ring (bicyclic) bond motifs is 1. The highest BCUT2D eigenvalue weighted by atomic mass is 35.5. The van der Waals surface area contributed by atoms with Crippen LogP contribution in [0.2, 0.25) is 0 Å². The average molecular weight is 230 g/mol. The quantitative estimate of drug-likeness (QED) is 0.419. The summed E-state index contributed by atoms with van der Waals surface area (Å²) in [5.74, 6) is 0.749. The van der Waals surface area contributed by atoms with Gasteiger partial charge in [0, 0.05) is 12.4 Å². The highest BCUT2D eigenvalue weighted by molar-refractivity contribution is 6.17. The topological polar surface area (TPSA) is 37.4 Å². The zero-order chi connectivity index (χ0) is 10.8. The lowest BCUT2D eigenvalue weighted by Gasteiger charge is -2.14. The van der Waals surface area contributed by atoms with Crippen LogP contribution >= 0.6 is 11.6 Å². The Morgan fingerprint density at radius 3 is 2.27 bits per heavy atom. The first kappa shape index (κ1) is 10.9. The van der Waals surface area contributed by atoms with Crippen LogP contribution in [0.5, 0.6) is 0 Å². The summed E-state index contributed by atoms with van der Waals surface area (Å²) < 4.78 is 0. The standard InChI is InChI=1S/C11H16ClNO2/c12-6-1-2-7-13-10(14)8-4-3-5-9(8)11(13)15/h8-9H,1-7H2. The molecule has 4 heteroatoms. The Morgan fingerprint density at radius 2 is 1.73 bits per heavy atom. The van der Waals surface area contributed by atoms with Crippen molar-refractivity contribution in [2.75, 3.05) is 12.4 Å². The second-order valence-electron chi connectivity index (χ2n) is 4.37. The number of rotatable bonds is 4. The Morgan fingerprint density at radius 1 is 1.13 bits per heavy atom. The van der Waals surface area contributed by atoms with E-state index in [9.17, 15) is 9.59 Å². The third-order valence-electron chi connectivity index (χ3n) is 3.45. The number of alkyl halides is 1. The summed E-state index contributed by atoms with van der Waals surface area (Å²) in [5, 5.41) is 0. The molecule has 0 aromatic rings. The first-order valence-electron chi connectivity index (χ1n) is 5.67. The summed E-state index contributed by atoms with van der Waals surface area (Å²) in [6.07, 6.45) is 4.54. The predicted molar refractivity (Wildman–Crippen MR) is 57.5 cm³/mol. The smallest absolute Gasteiger partial charge is 0.233 e.